The van der Waals surface area contributed by atoms with E-state index in [1.165, 1.54) is 0 Å². The molecule has 1 aromatic heterocycles. The topological polar surface area (TPSA) is 67.2 Å². The smallest absolute Gasteiger partial charge is 0.250 e. The fourth-order valence-corrected chi connectivity index (χ4v) is 3.96. The first kappa shape index (κ1) is 23.6. The molecule has 2 aromatic carbocycles. The Balaban J connectivity index is 1.80. The fourth-order valence-electron chi connectivity index (χ4n) is 2.74. The van der Waals surface area contributed by atoms with Gasteiger partial charge in [-0.25, -0.2) is 4.98 Å². The summed E-state index contributed by atoms with van der Waals surface area (Å²) in [7, 11) is -2.00. The summed E-state index contributed by atoms with van der Waals surface area (Å²) in [5.74, 6) is 2.73. The average Bonchev–Trinajstić information content (AvgIpc) is 2.70. The van der Waals surface area contributed by atoms with Crippen LogP contribution in [0.1, 0.15) is 31.9 Å². The number of aryl methyl sites for hydroxylation is 1. The molecule has 0 bridgehead atoms. The normalized spacial score (nSPS) is 11.6. The Labute approximate surface area is 196 Å². The lowest BCUT2D eigenvalue weighted by atomic mass is 10.2. The molecule has 0 amide bonds. The van der Waals surface area contributed by atoms with Crippen LogP contribution in [0, 0.1) is 18.3 Å². The third kappa shape index (κ3) is 5.42. The van der Waals surface area contributed by atoms with Crippen molar-refractivity contribution in [3.05, 3.63) is 70.9 Å². The quantitative estimate of drug-likeness (QED) is 0.296. The second-order valence-corrected chi connectivity index (χ2v) is 14.2. The number of hydrogen-bond acceptors (Lipinski definition) is 5. The molecule has 1 N–H and O–H groups in total. The number of ether oxygens (including phenoxy) is 1. The fraction of sp³-hybridized carbons (Fsp3) is 0.280. The van der Waals surface area contributed by atoms with Gasteiger partial charge in [-0.1, -0.05) is 44.5 Å². The Bertz CT molecular complexity index is 1170. The number of rotatable bonds is 6. The van der Waals surface area contributed by atoms with Crippen LogP contribution in [0.4, 0.5) is 11.5 Å². The van der Waals surface area contributed by atoms with Crippen LogP contribution in [0.3, 0.4) is 0 Å². The number of benzene rings is 2. The summed E-state index contributed by atoms with van der Waals surface area (Å²) in [5.41, 5.74) is 2.19. The number of nitriles is 1. The van der Waals surface area contributed by atoms with Gasteiger partial charge in [-0.3, -0.25) is 0 Å². The van der Waals surface area contributed by atoms with E-state index in [0.29, 0.717) is 22.9 Å². The molecular weight excluding hydrogens is 438 g/mol. The lowest BCUT2D eigenvalue weighted by Crippen LogP contribution is -2.43. The molecular formula is C25H28ClN3O2Si. The highest BCUT2D eigenvalue weighted by molar-refractivity contribution is 6.74. The first-order valence-electron chi connectivity index (χ1n) is 10.4. The number of nitrogens with one attached hydrogen (secondary N) is 1. The summed E-state index contributed by atoms with van der Waals surface area (Å²) in [6.07, 6.45) is 0. The zero-order valence-electron chi connectivity index (χ0n) is 19.3. The molecule has 0 aliphatic heterocycles. The lowest BCUT2D eigenvalue weighted by molar-refractivity contribution is 0.429. The molecule has 1 heterocycles. The van der Waals surface area contributed by atoms with Crippen molar-refractivity contribution in [3.8, 4) is 23.3 Å². The van der Waals surface area contributed by atoms with Crippen LogP contribution >= 0.6 is 11.6 Å². The van der Waals surface area contributed by atoms with E-state index in [9.17, 15) is 0 Å². The number of nitrogens with zero attached hydrogens (tertiary/aromatic N) is 2. The molecule has 0 saturated heterocycles. The van der Waals surface area contributed by atoms with Crippen LogP contribution < -0.4 is 14.5 Å². The van der Waals surface area contributed by atoms with E-state index >= 15 is 0 Å². The van der Waals surface area contributed by atoms with Gasteiger partial charge >= 0.3 is 0 Å². The van der Waals surface area contributed by atoms with E-state index in [4.69, 9.17) is 26.0 Å². The van der Waals surface area contributed by atoms with Crippen LogP contribution in [0.2, 0.25) is 23.3 Å². The van der Waals surface area contributed by atoms with Gasteiger partial charge in [0.05, 0.1) is 5.56 Å². The Kier molecular flexibility index (Phi) is 6.82. The highest BCUT2D eigenvalue weighted by atomic mass is 35.5. The Morgan fingerprint density at radius 2 is 1.72 bits per heavy atom. The highest BCUT2D eigenvalue weighted by Crippen LogP contribution is 2.41. The zero-order valence-corrected chi connectivity index (χ0v) is 21.0. The maximum Gasteiger partial charge on any atom is 0.250 e. The second-order valence-electron chi connectivity index (χ2n) is 9.16. The SMILES string of the molecule is Cc1cc(Oc2ccccc2O[Si](C)(C)C(C)(C)C)ccc1Nc1ccc(C#N)c(Cl)n1. The number of aromatic nitrogens is 1. The zero-order chi connectivity index (χ0) is 23.5. The number of para-hydroxylation sites is 2. The third-order valence-corrected chi connectivity index (χ3v) is 10.3. The first-order chi connectivity index (χ1) is 15.0. The average molecular weight is 466 g/mol. The number of hydrogen-bond donors (Lipinski definition) is 1. The molecule has 0 fully saturated rings. The van der Waals surface area contributed by atoms with Gasteiger partial charge in [-0.15, -0.1) is 0 Å². The minimum absolute atomic E-state index is 0.0897. The first-order valence-corrected chi connectivity index (χ1v) is 13.7. The predicted octanol–water partition coefficient (Wildman–Crippen LogP) is 7.84. The molecule has 5 nitrogen and oxygen atoms in total. The van der Waals surface area contributed by atoms with Crippen LogP contribution in [0.15, 0.2) is 54.6 Å². The molecule has 0 unspecified atom stereocenters. The summed E-state index contributed by atoms with van der Waals surface area (Å²) in [4.78, 5) is 4.22. The second kappa shape index (κ2) is 9.23. The Morgan fingerprint density at radius 3 is 2.31 bits per heavy atom. The van der Waals surface area contributed by atoms with Gasteiger partial charge in [0.15, 0.2) is 5.75 Å². The minimum atomic E-state index is -2.00. The maximum atomic E-state index is 9.00. The van der Waals surface area contributed by atoms with Gasteiger partial charge in [0.2, 0.25) is 0 Å². The molecule has 3 aromatic rings. The maximum absolute atomic E-state index is 9.00. The molecule has 0 spiro atoms. The molecule has 0 radical (unpaired) electrons. The summed E-state index contributed by atoms with van der Waals surface area (Å²) < 4.78 is 12.7. The van der Waals surface area contributed by atoms with Gasteiger partial charge in [0.1, 0.15) is 28.5 Å². The largest absolute Gasteiger partial charge is 0.541 e. The van der Waals surface area contributed by atoms with Crippen molar-refractivity contribution >= 4 is 31.4 Å². The third-order valence-electron chi connectivity index (χ3n) is 5.68. The molecule has 0 aliphatic carbocycles. The van der Waals surface area contributed by atoms with E-state index in [2.05, 4.69) is 44.2 Å². The number of anilines is 2. The summed E-state index contributed by atoms with van der Waals surface area (Å²) in [6, 6.07) is 18.9. The summed E-state index contributed by atoms with van der Waals surface area (Å²) in [5, 5.41) is 12.5. The number of pyridine rings is 1. The van der Waals surface area contributed by atoms with Crippen LogP contribution in [-0.4, -0.2) is 13.3 Å². The van der Waals surface area contributed by atoms with Gasteiger partial charge in [0.25, 0.3) is 8.32 Å². The van der Waals surface area contributed by atoms with Crippen LogP contribution in [0.25, 0.3) is 0 Å². The Hall–Kier alpha value is -3.01. The van der Waals surface area contributed by atoms with Gasteiger partial charge in [-0.2, -0.15) is 5.26 Å². The van der Waals surface area contributed by atoms with Gasteiger partial charge in [-0.05, 0) is 73.1 Å². The van der Waals surface area contributed by atoms with Gasteiger partial charge in [0, 0.05) is 5.69 Å². The molecule has 32 heavy (non-hydrogen) atoms. The van der Waals surface area contributed by atoms with Crippen LogP contribution in [-0.2, 0) is 0 Å². The molecule has 0 atom stereocenters. The molecule has 166 valence electrons. The lowest BCUT2D eigenvalue weighted by Gasteiger charge is -2.36. The predicted molar refractivity (Wildman–Crippen MR) is 133 cm³/mol. The monoisotopic (exact) mass is 465 g/mol. The van der Waals surface area contributed by atoms with Crippen molar-refractivity contribution in [2.24, 2.45) is 0 Å². The van der Waals surface area contributed by atoms with Crippen molar-refractivity contribution < 1.29 is 9.16 Å². The molecule has 7 heteroatoms. The van der Waals surface area contributed by atoms with E-state index in [1.54, 1.807) is 12.1 Å². The summed E-state index contributed by atoms with van der Waals surface area (Å²) in [6.45, 7) is 13.1. The standard InChI is InChI=1S/C25H28ClN3O2Si/c1-17-15-19(12-13-20(17)28-23-14-11-18(16-27)24(26)29-23)30-21-9-7-8-10-22(21)31-32(5,6)25(2,3)4/h7-15H,1-6H3,(H,28,29). The molecule has 0 saturated carbocycles. The van der Waals surface area contributed by atoms with Crippen molar-refractivity contribution in [3.63, 3.8) is 0 Å². The number of halogens is 1. The van der Waals surface area contributed by atoms with Crippen molar-refractivity contribution in [1.82, 2.24) is 4.98 Å². The van der Waals surface area contributed by atoms with E-state index in [0.717, 1.165) is 17.0 Å². The van der Waals surface area contributed by atoms with Crippen molar-refractivity contribution in [2.75, 3.05) is 5.32 Å². The van der Waals surface area contributed by atoms with E-state index in [-0.39, 0.29) is 10.2 Å². The summed E-state index contributed by atoms with van der Waals surface area (Å²) >= 11 is 6.04. The molecule has 3 rings (SSSR count). The highest BCUT2D eigenvalue weighted by Gasteiger charge is 2.39. The molecule has 0 aliphatic rings. The minimum Gasteiger partial charge on any atom is -0.541 e. The van der Waals surface area contributed by atoms with Gasteiger partial charge < -0.3 is 14.5 Å². The van der Waals surface area contributed by atoms with E-state index in [1.807, 2.05) is 55.5 Å². The van der Waals surface area contributed by atoms with Crippen LogP contribution in [0.5, 0.6) is 17.2 Å². The van der Waals surface area contributed by atoms with Crippen molar-refractivity contribution in [2.45, 2.75) is 45.8 Å². The van der Waals surface area contributed by atoms with Crippen molar-refractivity contribution in [1.29, 1.82) is 5.26 Å². The van der Waals surface area contributed by atoms with E-state index < -0.39 is 8.32 Å². The Morgan fingerprint density at radius 1 is 1.03 bits per heavy atom.